The molecule has 1 aliphatic rings. The maximum Gasteiger partial charge on any atom is 0.0587 e. The number of benzene rings is 8. The third-order valence-electron chi connectivity index (χ3n) is 10.2. The lowest BCUT2D eigenvalue weighted by Crippen LogP contribution is -2.21. The molecule has 0 fully saturated rings. The van der Waals surface area contributed by atoms with E-state index in [1.807, 2.05) is 0 Å². The molecule has 8 aromatic carbocycles. The average Bonchev–Trinajstić information content (AvgIpc) is 3.38. The normalized spacial score (nSPS) is 13.0. The van der Waals surface area contributed by atoms with E-state index in [4.69, 9.17) is 0 Å². The summed E-state index contributed by atoms with van der Waals surface area (Å²) in [7, 11) is 0. The van der Waals surface area contributed by atoms with Crippen molar-refractivity contribution in [2.45, 2.75) is 19.3 Å². The average molecular weight is 614 g/mol. The van der Waals surface area contributed by atoms with Crippen molar-refractivity contribution in [2.75, 3.05) is 4.90 Å². The van der Waals surface area contributed by atoms with E-state index in [2.05, 4.69) is 195 Å². The molecular weight excluding hydrogens is 579 g/mol. The van der Waals surface area contributed by atoms with Crippen LogP contribution in [-0.4, -0.2) is 0 Å². The van der Waals surface area contributed by atoms with Gasteiger partial charge in [-0.15, -0.1) is 0 Å². The number of anilines is 3. The molecule has 0 unspecified atom stereocenters. The second-order valence-electron chi connectivity index (χ2n) is 13.4. The van der Waals surface area contributed by atoms with Gasteiger partial charge in [0.25, 0.3) is 0 Å². The minimum absolute atomic E-state index is 0.182. The SMILES string of the molecule is CC1(C)c2ccccc2-c2cc3ccccc3c(N(c3ccc(-c4ccccc4)cc3)c3ccc(-c4ccc5ccccc5c4)cc3)c21. The maximum atomic E-state index is 2.49. The van der Waals surface area contributed by atoms with Crippen LogP contribution in [0.5, 0.6) is 0 Å². The Morgan fingerprint density at radius 3 is 1.67 bits per heavy atom. The van der Waals surface area contributed by atoms with E-state index in [-0.39, 0.29) is 5.41 Å². The van der Waals surface area contributed by atoms with Crippen molar-refractivity contribution in [3.63, 3.8) is 0 Å². The van der Waals surface area contributed by atoms with Gasteiger partial charge in [-0.05, 0) is 97.1 Å². The van der Waals surface area contributed by atoms with Gasteiger partial charge < -0.3 is 4.90 Å². The molecule has 0 amide bonds. The fraction of sp³-hybridized carbons (Fsp3) is 0.0638. The summed E-state index contributed by atoms with van der Waals surface area (Å²) < 4.78 is 0. The molecule has 0 saturated carbocycles. The highest BCUT2D eigenvalue weighted by molar-refractivity contribution is 6.07. The second-order valence-corrected chi connectivity index (χ2v) is 13.4. The van der Waals surface area contributed by atoms with Crippen molar-refractivity contribution in [1.82, 2.24) is 0 Å². The molecule has 0 heterocycles. The Hall–Kier alpha value is -5.92. The third kappa shape index (κ3) is 4.54. The number of nitrogens with zero attached hydrogens (tertiary/aromatic N) is 1. The summed E-state index contributed by atoms with van der Waals surface area (Å²) in [4.78, 5) is 2.49. The molecule has 0 atom stereocenters. The van der Waals surface area contributed by atoms with E-state index >= 15 is 0 Å². The molecule has 0 radical (unpaired) electrons. The van der Waals surface area contributed by atoms with Gasteiger partial charge in [0.2, 0.25) is 0 Å². The zero-order valence-electron chi connectivity index (χ0n) is 27.2. The Morgan fingerprint density at radius 1 is 0.396 bits per heavy atom. The van der Waals surface area contributed by atoms with Crippen molar-refractivity contribution >= 4 is 38.6 Å². The van der Waals surface area contributed by atoms with Crippen LogP contribution in [0.2, 0.25) is 0 Å². The van der Waals surface area contributed by atoms with E-state index < -0.39 is 0 Å². The molecule has 0 spiro atoms. The molecule has 8 aromatic rings. The molecule has 0 aromatic heterocycles. The van der Waals surface area contributed by atoms with Crippen molar-refractivity contribution in [3.05, 3.63) is 187 Å². The van der Waals surface area contributed by atoms with Crippen LogP contribution >= 0.6 is 0 Å². The largest absolute Gasteiger partial charge is 0.310 e. The molecule has 1 nitrogen and oxygen atoms in total. The fourth-order valence-electron chi connectivity index (χ4n) is 7.82. The monoisotopic (exact) mass is 613 g/mol. The molecular formula is C47H35N. The fourth-order valence-corrected chi connectivity index (χ4v) is 7.82. The van der Waals surface area contributed by atoms with Gasteiger partial charge in [-0.1, -0.05) is 153 Å². The van der Waals surface area contributed by atoms with Crippen LogP contribution in [0.15, 0.2) is 176 Å². The predicted octanol–water partition coefficient (Wildman–Crippen LogP) is 13.1. The Bertz CT molecular complexity index is 2450. The third-order valence-corrected chi connectivity index (χ3v) is 10.2. The minimum Gasteiger partial charge on any atom is -0.310 e. The van der Waals surface area contributed by atoms with Gasteiger partial charge in [-0.2, -0.15) is 0 Å². The van der Waals surface area contributed by atoms with E-state index in [0.717, 1.165) is 11.4 Å². The maximum absolute atomic E-state index is 2.49. The van der Waals surface area contributed by atoms with Crippen molar-refractivity contribution in [2.24, 2.45) is 0 Å². The summed E-state index contributed by atoms with van der Waals surface area (Å²) in [5.41, 5.74) is 13.6. The van der Waals surface area contributed by atoms with Gasteiger partial charge in [0, 0.05) is 22.2 Å². The number of fused-ring (bicyclic) bond motifs is 5. The quantitative estimate of drug-likeness (QED) is 0.187. The van der Waals surface area contributed by atoms with E-state index in [1.54, 1.807) is 0 Å². The summed E-state index contributed by atoms with van der Waals surface area (Å²) >= 11 is 0. The van der Waals surface area contributed by atoms with Crippen LogP contribution in [0.4, 0.5) is 17.1 Å². The van der Waals surface area contributed by atoms with E-state index in [1.165, 1.54) is 71.7 Å². The van der Waals surface area contributed by atoms with Crippen molar-refractivity contribution in [1.29, 1.82) is 0 Å². The summed E-state index contributed by atoms with van der Waals surface area (Å²) in [5.74, 6) is 0. The lowest BCUT2D eigenvalue weighted by Gasteiger charge is -2.33. The number of hydrogen-bond acceptors (Lipinski definition) is 1. The Labute approximate surface area is 282 Å². The second kappa shape index (κ2) is 11.1. The predicted molar refractivity (Wildman–Crippen MR) is 205 cm³/mol. The first-order chi connectivity index (χ1) is 23.6. The van der Waals surface area contributed by atoms with Gasteiger partial charge in [0.05, 0.1) is 5.69 Å². The van der Waals surface area contributed by atoms with E-state index in [0.29, 0.717) is 0 Å². The first kappa shape index (κ1) is 28.3. The Morgan fingerprint density at radius 2 is 0.938 bits per heavy atom. The van der Waals surface area contributed by atoms with Gasteiger partial charge in [0.1, 0.15) is 0 Å². The first-order valence-corrected chi connectivity index (χ1v) is 16.8. The minimum atomic E-state index is -0.182. The lowest BCUT2D eigenvalue weighted by molar-refractivity contribution is 0.661. The highest BCUT2D eigenvalue weighted by Gasteiger charge is 2.39. The van der Waals surface area contributed by atoms with Crippen molar-refractivity contribution < 1.29 is 0 Å². The zero-order valence-corrected chi connectivity index (χ0v) is 27.2. The molecule has 0 N–H and O–H groups in total. The van der Waals surface area contributed by atoms with E-state index in [9.17, 15) is 0 Å². The first-order valence-electron chi connectivity index (χ1n) is 16.8. The van der Waals surface area contributed by atoms with Crippen molar-refractivity contribution in [3.8, 4) is 33.4 Å². The molecule has 48 heavy (non-hydrogen) atoms. The zero-order chi connectivity index (χ0) is 32.2. The number of rotatable bonds is 5. The van der Waals surface area contributed by atoms with Gasteiger partial charge >= 0.3 is 0 Å². The topological polar surface area (TPSA) is 3.24 Å². The Balaban J connectivity index is 1.27. The molecule has 1 heteroatoms. The molecule has 9 rings (SSSR count). The summed E-state index contributed by atoms with van der Waals surface area (Å²) in [6, 6.07) is 64.4. The van der Waals surface area contributed by atoms with Crippen LogP contribution in [0.3, 0.4) is 0 Å². The summed E-state index contributed by atoms with van der Waals surface area (Å²) in [6.07, 6.45) is 0. The summed E-state index contributed by atoms with van der Waals surface area (Å²) in [5, 5.41) is 5.02. The standard InChI is InChI=1S/C47H35N/c1-47(2)44-19-11-10-18-42(44)43-31-38-16-8-9-17-41(38)46(45(43)47)48(39-26-22-34(23-27-39)32-12-4-3-5-13-32)40-28-24-35(25-29-40)37-21-20-33-14-6-7-15-36(33)30-37/h3-31H,1-2H3. The van der Waals surface area contributed by atoms with Crippen LogP contribution < -0.4 is 4.90 Å². The molecule has 0 bridgehead atoms. The molecule has 228 valence electrons. The number of hydrogen-bond donors (Lipinski definition) is 0. The molecule has 0 aliphatic heterocycles. The highest BCUT2D eigenvalue weighted by atomic mass is 15.1. The van der Waals surface area contributed by atoms with Crippen LogP contribution in [0, 0.1) is 0 Å². The van der Waals surface area contributed by atoms with Crippen LogP contribution in [0.25, 0.3) is 54.9 Å². The van der Waals surface area contributed by atoms with Gasteiger partial charge in [-0.3, -0.25) is 0 Å². The Kier molecular flexibility index (Phi) is 6.55. The molecule has 0 saturated heterocycles. The van der Waals surface area contributed by atoms with Crippen LogP contribution in [0.1, 0.15) is 25.0 Å². The smallest absolute Gasteiger partial charge is 0.0587 e. The van der Waals surface area contributed by atoms with Crippen LogP contribution in [-0.2, 0) is 5.41 Å². The highest BCUT2D eigenvalue weighted by Crippen LogP contribution is 2.56. The lowest BCUT2D eigenvalue weighted by atomic mass is 9.80. The van der Waals surface area contributed by atoms with Gasteiger partial charge in [-0.25, -0.2) is 0 Å². The molecule has 1 aliphatic carbocycles. The van der Waals surface area contributed by atoms with Gasteiger partial charge in [0.15, 0.2) is 0 Å². The summed E-state index contributed by atoms with van der Waals surface area (Å²) in [6.45, 7) is 4.77.